The second kappa shape index (κ2) is 6.44. The number of carbonyl (C=O) groups excluding carboxylic acids is 1. The van der Waals surface area contributed by atoms with Crippen LogP contribution in [-0.4, -0.2) is 12.5 Å². The van der Waals surface area contributed by atoms with Crippen molar-refractivity contribution in [1.29, 1.82) is 0 Å². The van der Waals surface area contributed by atoms with Gasteiger partial charge in [0.1, 0.15) is 5.75 Å². The molecule has 3 nitrogen and oxygen atoms in total. The van der Waals surface area contributed by atoms with Gasteiger partial charge in [0.15, 0.2) is 6.61 Å². The molecule has 0 saturated heterocycles. The van der Waals surface area contributed by atoms with E-state index in [2.05, 4.69) is 5.32 Å². The molecule has 0 aliphatic heterocycles. The Morgan fingerprint density at radius 2 is 1.81 bits per heavy atom. The number of amides is 1. The Morgan fingerprint density at radius 1 is 1.05 bits per heavy atom. The molecule has 21 heavy (non-hydrogen) atoms. The first-order valence-electron chi connectivity index (χ1n) is 7.03. The van der Waals surface area contributed by atoms with E-state index in [0.29, 0.717) is 0 Å². The van der Waals surface area contributed by atoms with E-state index in [4.69, 9.17) is 4.74 Å². The van der Waals surface area contributed by atoms with E-state index in [1.807, 2.05) is 64.1 Å². The highest BCUT2D eigenvalue weighted by Gasteiger charge is 2.08. The molecule has 0 unspecified atom stereocenters. The van der Waals surface area contributed by atoms with Gasteiger partial charge in [-0.05, 0) is 56.5 Å². The van der Waals surface area contributed by atoms with Crippen LogP contribution < -0.4 is 10.1 Å². The van der Waals surface area contributed by atoms with Gasteiger partial charge in [0.25, 0.3) is 5.91 Å². The Labute approximate surface area is 126 Å². The first-order valence-corrected chi connectivity index (χ1v) is 7.03. The Hall–Kier alpha value is -2.29. The van der Waals surface area contributed by atoms with E-state index in [1.165, 1.54) is 5.56 Å². The number of nitrogens with one attached hydrogen (secondary N) is 1. The molecular formula is C18H21NO2. The average molecular weight is 283 g/mol. The van der Waals surface area contributed by atoms with Gasteiger partial charge in [-0.25, -0.2) is 0 Å². The van der Waals surface area contributed by atoms with Gasteiger partial charge in [-0.2, -0.15) is 0 Å². The molecule has 3 heteroatoms. The van der Waals surface area contributed by atoms with Crippen LogP contribution in [0, 0.1) is 27.7 Å². The van der Waals surface area contributed by atoms with Gasteiger partial charge in [-0.3, -0.25) is 4.79 Å². The summed E-state index contributed by atoms with van der Waals surface area (Å²) in [5.41, 5.74) is 5.29. The van der Waals surface area contributed by atoms with Crippen molar-refractivity contribution in [2.45, 2.75) is 27.7 Å². The zero-order valence-corrected chi connectivity index (χ0v) is 13.0. The minimum atomic E-state index is -0.149. The molecule has 0 saturated carbocycles. The lowest BCUT2D eigenvalue weighted by atomic mass is 10.1. The Bertz CT molecular complexity index is 662. The van der Waals surface area contributed by atoms with E-state index in [-0.39, 0.29) is 12.5 Å². The first-order chi connectivity index (χ1) is 9.97. The molecule has 0 radical (unpaired) electrons. The topological polar surface area (TPSA) is 38.3 Å². The summed E-state index contributed by atoms with van der Waals surface area (Å²) >= 11 is 0. The van der Waals surface area contributed by atoms with Crippen LogP contribution >= 0.6 is 0 Å². The zero-order valence-electron chi connectivity index (χ0n) is 13.0. The second-order valence-corrected chi connectivity index (χ2v) is 5.35. The molecule has 0 aliphatic carbocycles. The number of hydrogen-bond acceptors (Lipinski definition) is 2. The van der Waals surface area contributed by atoms with Crippen LogP contribution in [0.5, 0.6) is 5.75 Å². The fourth-order valence-corrected chi connectivity index (χ4v) is 2.18. The summed E-state index contributed by atoms with van der Waals surface area (Å²) in [6.45, 7) is 8.04. The minimum Gasteiger partial charge on any atom is -0.483 e. The molecule has 0 bridgehead atoms. The largest absolute Gasteiger partial charge is 0.483 e. The summed E-state index contributed by atoms with van der Waals surface area (Å²) in [4.78, 5) is 12.0. The predicted molar refractivity (Wildman–Crippen MR) is 86.0 cm³/mol. The Morgan fingerprint density at radius 3 is 2.52 bits per heavy atom. The third-order valence-corrected chi connectivity index (χ3v) is 3.57. The number of rotatable bonds is 4. The lowest BCUT2D eigenvalue weighted by molar-refractivity contribution is -0.118. The molecule has 0 fully saturated rings. The maximum Gasteiger partial charge on any atom is 0.262 e. The van der Waals surface area contributed by atoms with Gasteiger partial charge in [0.2, 0.25) is 0 Å². The molecule has 0 aliphatic rings. The molecule has 2 rings (SSSR count). The highest BCUT2D eigenvalue weighted by atomic mass is 16.5. The van der Waals surface area contributed by atoms with Crippen LogP contribution in [0.15, 0.2) is 36.4 Å². The van der Waals surface area contributed by atoms with Gasteiger partial charge in [0.05, 0.1) is 0 Å². The average Bonchev–Trinajstić information content (AvgIpc) is 2.43. The van der Waals surface area contributed by atoms with Crippen molar-refractivity contribution in [1.82, 2.24) is 0 Å². The Balaban J connectivity index is 1.97. The number of aryl methyl sites for hydroxylation is 3. The van der Waals surface area contributed by atoms with Crippen LogP contribution in [0.1, 0.15) is 22.3 Å². The normalized spacial score (nSPS) is 10.3. The van der Waals surface area contributed by atoms with Gasteiger partial charge in [-0.15, -0.1) is 0 Å². The molecule has 1 N–H and O–H groups in total. The molecule has 0 atom stereocenters. The standard InChI is InChI=1S/C18H21NO2/c1-12-8-9-17(14(3)10-12)21-11-18(20)19-16-7-5-6-13(2)15(16)4/h5-10H,11H2,1-4H3,(H,19,20). The molecule has 110 valence electrons. The highest BCUT2D eigenvalue weighted by molar-refractivity contribution is 5.92. The molecule has 0 heterocycles. The van der Waals surface area contributed by atoms with Crippen molar-refractivity contribution in [2.75, 3.05) is 11.9 Å². The van der Waals surface area contributed by atoms with E-state index in [0.717, 1.165) is 28.1 Å². The number of benzene rings is 2. The van der Waals surface area contributed by atoms with Crippen molar-refractivity contribution >= 4 is 11.6 Å². The minimum absolute atomic E-state index is 0.0112. The van der Waals surface area contributed by atoms with Gasteiger partial charge < -0.3 is 10.1 Å². The number of carbonyl (C=O) groups is 1. The van der Waals surface area contributed by atoms with E-state index >= 15 is 0 Å². The van der Waals surface area contributed by atoms with Crippen molar-refractivity contribution < 1.29 is 9.53 Å². The van der Waals surface area contributed by atoms with Gasteiger partial charge in [0, 0.05) is 5.69 Å². The molecule has 0 aromatic heterocycles. The molecule has 2 aromatic rings. The van der Waals surface area contributed by atoms with Crippen LogP contribution in [0.3, 0.4) is 0 Å². The summed E-state index contributed by atoms with van der Waals surface area (Å²) in [6, 6.07) is 11.8. The molecule has 2 aromatic carbocycles. The van der Waals surface area contributed by atoms with Crippen molar-refractivity contribution in [3.63, 3.8) is 0 Å². The third-order valence-electron chi connectivity index (χ3n) is 3.57. The first kappa shape index (κ1) is 15.1. The third kappa shape index (κ3) is 3.85. The molecular weight excluding hydrogens is 262 g/mol. The summed E-state index contributed by atoms with van der Waals surface area (Å²) < 4.78 is 5.58. The summed E-state index contributed by atoms with van der Waals surface area (Å²) in [7, 11) is 0. The zero-order chi connectivity index (χ0) is 15.4. The Kier molecular flexibility index (Phi) is 4.63. The monoisotopic (exact) mass is 283 g/mol. The van der Waals surface area contributed by atoms with E-state index in [1.54, 1.807) is 0 Å². The predicted octanol–water partition coefficient (Wildman–Crippen LogP) is 3.94. The van der Waals surface area contributed by atoms with E-state index in [9.17, 15) is 4.79 Å². The van der Waals surface area contributed by atoms with E-state index < -0.39 is 0 Å². The number of hydrogen-bond donors (Lipinski definition) is 1. The smallest absolute Gasteiger partial charge is 0.262 e. The van der Waals surface area contributed by atoms with Crippen LogP contribution in [0.25, 0.3) is 0 Å². The quantitative estimate of drug-likeness (QED) is 0.923. The highest BCUT2D eigenvalue weighted by Crippen LogP contribution is 2.20. The SMILES string of the molecule is Cc1ccc(OCC(=O)Nc2cccc(C)c2C)c(C)c1. The van der Waals surface area contributed by atoms with Gasteiger partial charge >= 0.3 is 0 Å². The number of ether oxygens (including phenoxy) is 1. The molecule has 0 spiro atoms. The van der Waals surface area contributed by atoms with Crippen molar-refractivity contribution in [3.8, 4) is 5.75 Å². The fourth-order valence-electron chi connectivity index (χ4n) is 2.18. The van der Waals surface area contributed by atoms with Crippen LogP contribution in [0.2, 0.25) is 0 Å². The fraction of sp³-hybridized carbons (Fsp3) is 0.278. The summed E-state index contributed by atoms with van der Waals surface area (Å²) in [5.74, 6) is 0.598. The second-order valence-electron chi connectivity index (χ2n) is 5.35. The maximum atomic E-state index is 12.0. The lowest BCUT2D eigenvalue weighted by Crippen LogP contribution is -2.21. The van der Waals surface area contributed by atoms with Crippen molar-refractivity contribution in [3.05, 3.63) is 58.7 Å². The van der Waals surface area contributed by atoms with Gasteiger partial charge in [-0.1, -0.05) is 29.8 Å². The molecule has 1 amide bonds. The summed E-state index contributed by atoms with van der Waals surface area (Å²) in [6.07, 6.45) is 0. The number of anilines is 1. The van der Waals surface area contributed by atoms with Crippen LogP contribution in [0.4, 0.5) is 5.69 Å². The lowest BCUT2D eigenvalue weighted by Gasteiger charge is -2.12. The van der Waals surface area contributed by atoms with Crippen molar-refractivity contribution in [2.24, 2.45) is 0 Å². The van der Waals surface area contributed by atoms with Crippen LogP contribution in [-0.2, 0) is 4.79 Å². The maximum absolute atomic E-state index is 12.0. The summed E-state index contributed by atoms with van der Waals surface area (Å²) in [5, 5.41) is 2.89.